The maximum Gasteiger partial charge on any atom is 0.234 e. The van der Waals surface area contributed by atoms with Crippen molar-refractivity contribution < 1.29 is 9.59 Å². The Morgan fingerprint density at radius 3 is 2.42 bits per heavy atom. The van der Waals surface area contributed by atoms with Crippen LogP contribution in [0.1, 0.15) is 6.42 Å². The Balaban J connectivity index is 3.44. The number of nitrogens with one attached hydrogen (secondary N) is 1. The molecule has 0 aliphatic heterocycles. The van der Waals surface area contributed by atoms with Crippen molar-refractivity contribution in [2.75, 3.05) is 26.5 Å². The molecule has 0 bridgehead atoms. The zero-order valence-electron chi connectivity index (χ0n) is 7.26. The van der Waals surface area contributed by atoms with E-state index in [0.29, 0.717) is 13.0 Å². The van der Waals surface area contributed by atoms with Gasteiger partial charge in [-0.05, 0) is 0 Å². The first-order chi connectivity index (χ1) is 5.57. The Morgan fingerprint density at radius 1 is 1.42 bits per heavy atom. The minimum atomic E-state index is -0.247. The molecule has 0 aliphatic rings. The molecule has 5 heteroatoms. The lowest BCUT2D eigenvalue weighted by Crippen LogP contribution is -2.30. The highest BCUT2D eigenvalue weighted by Crippen LogP contribution is 1.85. The minimum Gasteiger partial charge on any atom is -0.355 e. The minimum absolute atomic E-state index is 0.00938. The van der Waals surface area contributed by atoms with E-state index < -0.39 is 0 Å². The third-order valence-electron chi connectivity index (χ3n) is 1.28. The highest BCUT2D eigenvalue weighted by atomic mass is 35.5. The maximum absolute atomic E-state index is 11.0. The van der Waals surface area contributed by atoms with Crippen molar-refractivity contribution in [1.82, 2.24) is 10.2 Å². The molecule has 0 fully saturated rings. The largest absolute Gasteiger partial charge is 0.355 e. The van der Waals surface area contributed by atoms with Crippen molar-refractivity contribution in [2.45, 2.75) is 6.42 Å². The van der Waals surface area contributed by atoms with Crippen molar-refractivity contribution in [3.8, 4) is 0 Å². The molecule has 0 saturated heterocycles. The molecule has 0 aromatic carbocycles. The molecule has 0 saturated carbocycles. The molecule has 0 aliphatic carbocycles. The molecule has 0 aromatic rings. The van der Waals surface area contributed by atoms with Crippen molar-refractivity contribution in [3.63, 3.8) is 0 Å². The van der Waals surface area contributed by atoms with Crippen LogP contribution in [0.2, 0.25) is 0 Å². The maximum atomic E-state index is 11.0. The average Bonchev–Trinajstić information content (AvgIpc) is 2.03. The molecule has 12 heavy (non-hydrogen) atoms. The predicted octanol–water partition coefficient (Wildman–Crippen LogP) is -0.180. The molecule has 0 heterocycles. The predicted molar refractivity (Wildman–Crippen MR) is 47.0 cm³/mol. The molecule has 70 valence electrons. The Hall–Kier alpha value is -0.770. The van der Waals surface area contributed by atoms with Gasteiger partial charge in [-0.15, -0.1) is 11.6 Å². The van der Waals surface area contributed by atoms with Crippen molar-refractivity contribution in [2.24, 2.45) is 0 Å². The second-order valence-electron chi connectivity index (χ2n) is 2.52. The monoisotopic (exact) mass is 192 g/mol. The van der Waals surface area contributed by atoms with Gasteiger partial charge < -0.3 is 10.2 Å². The summed E-state index contributed by atoms with van der Waals surface area (Å²) in [5, 5.41) is 2.50. The highest BCUT2D eigenvalue weighted by molar-refractivity contribution is 6.27. The van der Waals surface area contributed by atoms with Gasteiger partial charge in [-0.3, -0.25) is 9.59 Å². The normalized spacial score (nSPS) is 9.25. The lowest BCUT2D eigenvalue weighted by molar-refractivity contribution is -0.128. The summed E-state index contributed by atoms with van der Waals surface area (Å²) in [6, 6.07) is 0. The van der Waals surface area contributed by atoms with Crippen LogP contribution in [0.15, 0.2) is 0 Å². The lowest BCUT2D eigenvalue weighted by Gasteiger charge is -2.09. The van der Waals surface area contributed by atoms with Crippen LogP contribution in [-0.2, 0) is 9.59 Å². The number of halogens is 1. The second kappa shape index (κ2) is 5.83. The van der Waals surface area contributed by atoms with Crippen molar-refractivity contribution in [3.05, 3.63) is 0 Å². The van der Waals surface area contributed by atoms with E-state index in [2.05, 4.69) is 5.32 Å². The average molecular weight is 193 g/mol. The van der Waals surface area contributed by atoms with Crippen LogP contribution in [0.5, 0.6) is 0 Å². The topological polar surface area (TPSA) is 49.4 Å². The fraction of sp³-hybridized carbons (Fsp3) is 0.714. The number of carbonyl (C=O) groups is 2. The van der Waals surface area contributed by atoms with Gasteiger partial charge in [-0.1, -0.05) is 0 Å². The van der Waals surface area contributed by atoms with Crippen LogP contribution in [0.3, 0.4) is 0 Å². The van der Waals surface area contributed by atoms with Gasteiger partial charge in [-0.2, -0.15) is 0 Å². The number of alkyl halides is 1. The smallest absolute Gasteiger partial charge is 0.234 e. The zero-order chi connectivity index (χ0) is 9.56. The van der Waals surface area contributed by atoms with E-state index in [1.54, 1.807) is 14.1 Å². The number of hydrogen-bond donors (Lipinski definition) is 1. The third kappa shape index (κ3) is 4.96. The van der Waals surface area contributed by atoms with E-state index in [1.807, 2.05) is 0 Å². The molecule has 0 radical (unpaired) electrons. The quantitative estimate of drug-likeness (QED) is 0.629. The van der Waals surface area contributed by atoms with E-state index >= 15 is 0 Å². The number of amides is 2. The Labute approximate surface area is 76.9 Å². The van der Waals surface area contributed by atoms with Gasteiger partial charge in [0.25, 0.3) is 0 Å². The number of hydrogen-bond acceptors (Lipinski definition) is 2. The molecule has 0 atom stereocenters. The number of rotatable bonds is 4. The lowest BCUT2D eigenvalue weighted by atomic mass is 10.4. The van der Waals surface area contributed by atoms with Crippen LogP contribution in [0.4, 0.5) is 0 Å². The third-order valence-corrected chi connectivity index (χ3v) is 1.52. The number of nitrogens with zero attached hydrogens (tertiary/aromatic N) is 1. The van der Waals surface area contributed by atoms with Gasteiger partial charge in [0.05, 0.1) is 0 Å². The van der Waals surface area contributed by atoms with Crippen LogP contribution < -0.4 is 5.32 Å². The van der Waals surface area contributed by atoms with Crippen molar-refractivity contribution >= 4 is 23.4 Å². The summed E-state index contributed by atoms with van der Waals surface area (Å²) in [7, 11) is 3.34. The fourth-order valence-electron chi connectivity index (χ4n) is 0.580. The molecule has 1 N–H and O–H groups in total. The SMILES string of the molecule is CN(C)C(=O)CCNC(=O)CCl. The van der Waals surface area contributed by atoms with E-state index in [0.717, 1.165) is 0 Å². The molecule has 0 spiro atoms. The van der Waals surface area contributed by atoms with Gasteiger partial charge in [0.2, 0.25) is 11.8 Å². The highest BCUT2D eigenvalue weighted by Gasteiger charge is 2.03. The van der Waals surface area contributed by atoms with Gasteiger partial charge in [-0.25, -0.2) is 0 Å². The first-order valence-electron chi connectivity index (χ1n) is 3.60. The molecule has 0 unspecified atom stereocenters. The van der Waals surface area contributed by atoms with Crippen LogP contribution >= 0.6 is 11.6 Å². The summed E-state index contributed by atoms with van der Waals surface area (Å²) >= 11 is 5.22. The van der Waals surface area contributed by atoms with Crippen LogP contribution in [0, 0.1) is 0 Å². The standard InChI is InChI=1S/C7H13ClN2O2/c1-10(2)7(12)3-4-9-6(11)5-8/h3-5H2,1-2H3,(H,9,11). The summed E-state index contributed by atoms with van der Waals surface area (Å²) in [6.45, 7) is 0.350. The summed E-state index contributed by atoms with van der Waals surface area (Å²) in [5.74, 6) is -0.316. The first-order valence-corrected chi connectivity index (χ1v) is 4.14. The van der Waals surface area contributed by atoms with E-state index in [1.165, 1.54) is 4.90 Å². The van der Waals surface area contributed by atoms with Crippen molar-refractivity contribution in [1.29, 1.82) is 0 Å². The first kappa shape index (κ1) is 11.2. The molecule has 2 amide bonds. The summed E-state index contributed by atoms with van der Waals surface area (Å²) in [4.78, 5) is 23.0. The summed E-state index contributed by atoms with van der Waals surface area (Å²) in [6.07, 6.45) is 0.315. The van der Waals surface area contributed by atoms with Gasteiger partial charge in [0, 0.05) is 27.1 Å². The molecule has 0 aromatic heterocycles. The second-order valence-corrected chi connectivity index (χ2v) is 2.79. The Morgan fingerprint density at radius 2 is 2.00 bits per heavy atom. The van der Waals surface area contributed by atoms with E-state index in [4.69, 9.17) is 11.6 Å². The molecule has 0 rings (SSSR count). The fourth-order valence-corrected chi connectivity index (χ4v) is 0.674. The Kier molecular flexibility index (Phi) is 5.45. The zero-order valence-corrected chi connectivity index (χ0v) is 8.02. The van der Waals surface area contributed by atoms with E-state index in [-0.39, 0.29) is 17.7 Å². The molecular weight excluding hydrogens is 180 g/mol. The molecular formula is C7H13ClN2O2. The van der Waals surface area contributed by atoms with Gasteiger partial charge >= 0.3 is 0 Å². The summed E-state index contributed by atoms with van der Waals surface area (Å²) in [5.41, 5.74) is 0. The van der Waals surface area contributed by atoms with Gasteiger partial charge in [0.1, 0.15) is 5.88 Å². The number of carbonyl (C=O) groups excluding carboxylic acids is 2. The van der Waals surface area contributed by atoms with Crippen LogP contribution in [-0.4, -0.2) is 43.2 Å². The van der Waals surface area contributed by atoms with E-state index in [9.17, 15) is 9.59 Å². The van der Waals surface area contributed by atoms with Gasteiger partial charge in [0.15, 0.2) is 0 Å². The molecule has 4 nitrogen and oxygen atoms in total. The summed E-state index contributed by atoms with van der Waals surface area (Å²) < 4.78 is 0. The van der Waals surface area contributed by atoms with Crippen LogP contribution in [0.25, 0.3) is 0 Å². The Bertz CT molecular complexity index is 171.